The van der Waals surface area contributed by atoms with Gasteiger partial charge in [-0.1, -0.05) is 65.8 Å². The van der Waals surface area contributed by atoms with Gasteiger partial charge in [-0.3, -0.25) is 14.8 Å². The predicted octanol–water partition coefficient (Wildman–Crippen LogP) is 9.23. The minimum absolute atomic E-state index is 0.0362. The summed E-state index contributed by atoms with van der Waals surface area (Å²) >= 11 is 0. The molecule has 1 aliphatic carbocycles. The highest BCUT2D eigenvalue weighted by Crippen LogP contribution is 2.43. The maximum absolute atomic E-state index is 13.9. The molecule has 0 amide bonds. The van der Waals surface area contributed by atoms with E-state index >= 15 is 0 Å². The normalized spacial score (nSPS) is 28.9. The van der Waals surface area contributed by atoms with E-state index < -0.39 is 0 Å². The third-order valence-corrected chi connectivity index (χ3v) is 9.09. The van der Waals surface area contributed by atoms with Crippen molar-refractivity contribution < 1.29 is 9.53 Å². The number of allylic oxidation sites excluding steroid dienone is 4. The number of carbonyl (C=O) groups excluding carboxylic acids is 1. The third kappa shape index (κ3) is 7.80. The second kappa shape index (κ2) is 13.7. The Morgan fingerprint density at radius 3 is 2.46 bits per heavy atom. The first kappa shape index (κ1) is 31.0. The number of carbonyl (C=O) groups is 1. The van der Waals surface area contributed by atoms with Crippen LogP contribution in [0.25, 0.3) is 0 Å². The van der Waals surface area contributed by atoms with Gasteiger partial charge in [-0.2, -0.15) is 0 Å². The number of hydrogen-bond acceptors (Lipinski definition) is 4. The fourth-order valence-corrected chi connectivity index (χ4v) is 6.49. The van der Waals surface area contributed by atoms with Crippen LogP contribution < -0.4 is 0 Å². The first-order chi connectivity index (χ1) is 18.5. The van der Waals surface area contributed by atoms with E-state index in [0.717, 1.165) is 42.6 Å². The number of benzene rings is 1. The Balaban J connectivity index is 1.83. The summed E-state index contributed by atoms with van der Waals surface area (Å²) in [7, 11) is 0. The number of nitrogens with zero attached hydrogens (tertiary/aromatic N) is 2. The lowest BCUT2D eigenvalue weighted by Crippen LogP contribution is -2.24. The molecule has 39 heavy (non-hydrogen) atoms. The van der Waals surface area contributed by atoms with Gasteiger partial charge in [0.1, 0.15) is 11.5 Å². The molecule has 0 bridgehead atoms. The Kier molecular flexibility index (Phi) is 10.9. The molecule has 1 aromatic rings. The first-order valence-corrected chi connectivity index (χ1v) is 15.2. The summed E-state index contributed by atoms with van der Waals surface area (Å²) in [6.07, 6.45) is 10.5. The molecule has 6 atom stereocenters. The molecule has 1 saturated carbocycles. The lowest BCUT2D eigenvalue weighted by atomic mass is 9.77. The SMILES string of the molecule is CC=C(OC(=C(C)CC)C1CCC(C)C(CC(=O)c2ccccc2C2CN=CC=NC2C)C(C)C1)C(C)(C)C. The lowest BCUT2D eigenvalue weighted by molar-refractivity contribution is 0.0915. The second-order valence-corrected chi connectivity index (χ2v) is 13.0. The summed E-state index contributed by atoms with van der Waals surface area (Å²) in [6, 6.07) is 8.26. The van der Waals surface area contributed by atoms with Gasteiger partial charge in [0.25, 0.3) is 0 Å². The number of ketones is 1. The van der Waals surface area contributed by atoms with Crippen LogP contribution in [0.3, 0.4) is 0 Å². The lowest BCUT2D eigenvalue weighted by Gasteiger charge is -2.30. The van der Waals surface area contributed by atoms with Crippen molar-refractivity contribution in [1.29, 1.82) is 0 Å². The molecule has 1 aliphatic heterocycles. The number of ether oxygens (including phenoxy) is 1. The number of hydrogen-bond donors (Lipinski definition) is 0. The van der Waals surface area contributed by atoms with Gasteiger partial charge < -0.3 is 4.74 Å². The van der Waals surface area contributed by atoms with E-state index in [2.05, 4.69) is 84.4 Å². The monoisotopic (exact) mass is 532 g/mol. The minimum Gasteiger partial charge on any atom is -0.466 e. The van der Waals surface area contributed by atoms with Crippen molar-refractivity contribution in [1.82, 2.24) is 0 Å². The zero-order valence-electron chi connectivity index (χ0n) is 26.0. The van der Waals surface area contributed by atoms with Crippen molar-refractivity contribution in [2.24, 2.45) is 39.1 Å². The van der Waals surface area contributed by atoms with Gasteiger partial charge in [-0.05, 0) is 81.4 Å². The van der Waals surface area contributed by atoms with Crippen LogP contribution in [0.15, 0.2) is 57.4 Å². The average molecular weight is 533 g/mol. The largest absolute Gasteiger partial charge is 0.466 e. The van der Waals surface area contributed by atoms with Gasteiger partial charge >= 0.3 is 0 Å². The van der Waals surface area contributed by atoms with Crippen molar-refractivity contribution in [3.63, 3.8) is 0 Å². The Bertz CT molecular complexity index is 1100. The van der Waals surface area contributed by atoms with E-state index in [-0.39, 0.29) is 23.2 Å². The fraction of sp³-hybridized carbons (Fsp3) is 0.629. The van der Waals surface area contributed by atoms with Crippen molar-refractivity contribution in [2.45, 2.75) is 106 Å². The minimum atomic E-state index is -0.0362. The predicted molar refractivity (Wildman–Crippen MR) is 166 cm³/mol. The average Bonchev–Trinajstić information content (AvgIpc) is 3.19. The molecular formula is C35H52N2O2. The molecule has 0 saturated heterocycles. The molecular weight excluding hydrogens is 480 g/mol. The number of Topliss-reactive ketones (excluding diaryl/α,β-unsaturated/α-hetero) is 1. The van der Waals surface area contributed by atoms with Crippen LogP contribution in [0.2, 0.25) is 0 Å². The zero-order valence-corrected chi connectivity index (χ0v) is 26.0. The summed E-state index contributed by atoms with van der Waals surface area (Å²) in [5.41, 5.74) is 3.26. The highest BCUT2D eigenvalue weighted by molar-refractivity contribution is 6.16. The molecule has 4 heteroatoms. The maximum atomic E-state index is 13.9. The molecule has 0 spiro atoms. The maximum Gasteiger partial charge on any atom is 0.163 e. The van der Waals surface area contributed by atoms with E-state index in [0.29, 0.717) is 36.6 Å². The van der Waals surface area contributed by atoms with Crippen LogP contribution in [0, 0.1) is 29.1 Å². The van der Waals surface area contributed by atoms with Crippen LogP contribution >= 0.6 is 0 Å². The number of rotatable bonds is 8. The molecule has 6 unspecified atom stereocenters. The van der Waals surface area contributed by atoms with E-state index in [4.69, 9.17) is 4.74 Å². The highest BCUT2D eigenvalue weighted by atomic mass is 16.5. The van der Waals surface area contributed by atoms with E-state index in [1.807, 2.05) is 18.2 Å². The topological polar surface area (TPSA) is 51.0 Å². The molecule has 1 fully saturated rings. The quantitative estimate of drug-likeness (QED) is 0.190. The number of aliphatic imine (C=N–C) groups is 2. The zero-order chi connectivity index (χ0) is 28.7. The second-order valence-electron chi connectivity index (χ2n) is 13.0. The van der Waals surface area contributed by atoms with Gasteiger partial charge in [0.2, 0.25) is 0 Å². The van der Waals surface area contributed by atoms with Gasteiger partial charge in [-0.15, -0.1) is 0 Å². The molecule has 2 aliphatic rings. The molecule has 4 nitrogen and oxygen atoms in total. The van der Waals surface area contributed by atoms with Gasteiger partial charge in [0.15, 0.2) is 5.78 Å². The standard InChI is InChI=1S/C35H52N2O2/c1-10-23(3)34(39-33(11-2)35(7,8)9)27-17-16-24(4)30(25(5)20-27)21-32(38)29-15-13-12-14-28(29)31-22-36-18-19-37-26(31)6/h11-15,18-19,24-27,30-31H,10,16-17,20-22H2,1-9H3. The first-order valence-electron chi connectivity index (χ1n) is 15.2. The molecule has 1 aromatic carbocycles. The molecule has 0 N–H and O–H groups in total. The van der Waals surface area contributed by atoms with Gasteiger partial charge in [0.05, 0.1) is 6.04 Å². The Morgan fingerprint density at radius 2 is 1.79 bits per heavy atom. The van der Waals surface area contributed by atoms with Crippen LogP contribution in [0.4, 0.5) is 0 Å². The van der Waals surface area contributed by atoms with Crippen molar-refractivity contribution in [2.75, 3.05) is 6.54 Å². The summed E-state index contributed by atoms with van der Waals surface area (Å²) in [4.78, 5) is 23.0. The third-order valence-electron chi connectivity index (χ3n) is 9.09. The summed E-state index contributed by atoms with van der Waals surface area (Å²) in [5.74, 6) is 4.25. The smallest absolute Gasteiger partial charge is 0.163 e. The Labute approximate surface area is 238 Å². The van der Waals surface area contributed by atoms with E-state index in [1.54, 1.807) is 12.4 Å². The van der Waals surface area contributed by atoms with Gasteiger partial charge in [-0.25, -0.2) is 0 Å². The van der Waals surface area contributed by atoms with Crippen LogP contribution in [-0.2, 0) is 4.74 Å². The van der Waals surface area contributed by atoms with Crippen LogP contribution in [-0.4, -0.2) is 30.8 Å². The molecule has 3 rings (SSSR count). The van der Waals surface area contributed by atoms with E-state index in [1.165, 1.54) is 11.3 Å². The van der Waals surface area contributed by atoms with Crippen molar-refractivity contribution >= 4 is 18.2 Å². The Hall–Kier alpha value is -2.49. The van der Waals surface area contributed by atoms with Crippen LogP contribution in [0.1, 0.15) is 116 Å². The van der Waals surface area contributed by atoms with Crippen molar-refractivity contribution in [3.8, 4) is 0 Å². The van der Waals surface area contributed by atoms with Crippen LogP contribution in [0.5, 0.6) is 0 Å². The summed E-state index contributed by atoms with van der Waals surface area (Å²) in [5, 5.41) is 0. The van der Waals surface area contributed by atoms with E-state index in [9.17, 15) is 4.79 Å². The molecule has 0 aromatic heterocycles. The van der Waals surface area contributed by atoms with Gasteiger partial charge in [0, 0.05) is 48.2 Å². The molecule has 0 radical (unpaired) electrons. The Morgan fingerprint density at radius 1 is 1.08 bits per heavy atom. The highest BCUT2D eigenvalue weighted by Gasteiger charge is 2.36. The molecule has 1 heterocycles. The molecule has 214 valence electrons. The van der Waals surface area contributed by atoms with Crippen molar-refractivity contribution in [3.05, 3.63) is 58.6 Å². The summed E-state index contributed by atoms with van der Waals surface area (Å²) < 4.78 is 6.74. The fourth-order valence-electron chi connectivity index (χ4n) is 6.49. The summed E-state index contributed by atoms with van der Waals surface area (Å²) in [6.45, 7) is 20.7.